The Morgan fingerprint density at radius 3 is 2.87 bits per heavy atom. The maximum absolute atomic E-state index is 13.1. The standard InChI is InChI=1S/C22H26ClN5O2/c1-13(2)11-30-21-8-17(18(23)7-16(21)14-9-25-27(3)10-14)22(29)26-19-6-15-4-5-20(19)28(15)12-24/h7-10,13,15,19-20H,4-6,11H2,1-3H3,(H,26,29)/t15-,19+,20+/m0/s1. The molecule has 0 unspecified atom stereocenters. The molecule has 1 aromatic heterocycles. The van der Waals surface area contributed by atoms with E-state index in [9.17, 15) is 10.1 Å². The van der Waals surface area contributed by atoms with Crippen molar-refractivity contribution in [2.75, 3.05) is 6.61 Å². The Bertz CT molecular complexity index is 996. The van der Waals surface area contributed by atoms with Gasteiger partial charge in [-0.2, -0.15) is 10.4 Å². The molecule has 2 aromatic rings. The van der Waals surface area contributed by atoms with Crippen molar-refractivity contribution in [2.24, 2.45) is 13.0 Å². The molecule has 1 aromatic carbocycles. The summed E-state index contributed by atoms with van der Waals surface area (Å²) in [7, 11) is 1.85. The SMILES string of the molecule is CC(C)COc1cc(C(=O)N[C@@H]2C[C@@H]3CC[C@H]2N3C#N)c(Cl)cc1-c1cnn(C)c1. The number of fused-ring (bicyclic) bond motifs is 2. The molecule has 1 amide bonds. The van der Waals surface area contributed by atoms with Crippen LogP contribution in [0.4, 0.5) is 0 Å². The zero-order chi connectivity index (χ0) is 21.4. The van der Waals surface area contributed by atoms with Gasteiger partial charge in [0, 0.05) is 30.4 Å². The van der Waals surface area contributed by atoms with Crippen LogP contribution in [-0.4, -0.2) is 45.3 Å². The van der Waals surface area contributed by atoms with Gasteiger partial charge in [-0.05, 0) is 37.3 Å². The van der Waals surface area contributed by atoms with Crippen LogP contribution in [-0.2, 0) is 7.05 Å². The van der Waals surface area contributed by atoms with Crippen molar-refractivity contribution in [1.29, 1.82) is 5.26 Å². The number of halogens is 1. The Morgan fingerprint density at radius 2 is 2.23 bits per heavy atom. The van der Waals surface area contributed by atoms with E-state index in [4.69, 9.17) is 16.3 Å². The van der Waals surface area contributed by atoms with E-state index in [0.29, 0.717) is 28.9 Å². The normalized spacial score (nSPS) is 22.4. The maximum atomic E-state index is 13.1. The van der Waals surface area contributed by atoms with Crippen molar-refractivity contribution in [1.82, 2.24) is 20.0 Å². The molecule has 158 valence electrons. The van der Waals surface area contributed by atoms with Gasteiger partial charge in [-0.1, -0.05) is 25.4 Å². The van der Waals surface area contributed by atoms with Crippen molar-refractivity contribution in [2.45, 2.75) is 51.2 Å². The number of ether oxygens (including phenoxy) is 1. The minimum absolute atomic E-state index is 0.0370. The van der Waals surface area contributed by atoms with Crippen LogP contribution in [0.1, 0.15) is 43.5 Å². The quantitative estimate of drug-likeness (QED) is 0.712. The number of carbonyl (C=O) groups is 1. The zero-order valence-corrected chi connectivity index (χ0v) is 18.2. The molecule has 8 heteroatoms. The van der Waals surface area contributed by atoms with Gasteiger partial charge in [-0.15, -0.1) is 0 Å². The number of amides is 1. The van der Waals surface area contributed by atoms with Crippen LogP contribution in [0.25, 0.3) is 11.1 Å². The highest BCUT2D eigenvalue weighted by atomic mass is 35.5. The van der Waals surface area contributed by atoms with Gasteiger partial charge in [-0.25, -0.2) is 0 Å². The van der Waals surface area contributed by atoms with E-state index in [1.54, 1.807) is 23.0 Å². The molecule has 2 fully saturated rings. The fraction of sp³-hybridized carbons (Fsp3) is 0.500. The molecular weight excluding hydrogens is 402 g/mol. The largest absolute Gasteiger partial charge is 0.493 e. The first kappa shape index (κ1) is 20.5. The molecule has 1 N–H and O–H groups in total. The van der Waals surface area contributed by atoms with Crippen LogP contribution in [0.3, 0.4) is 0 Å². The van der Waals surface area contributed by atoms with Crippen LogP contribution in [0.5, 0.6) is 5.75 Å². The van der Waals surface area contributed by atoms with E-state index in [1.807, 2.05) is 18.1 Å². The lowest BCUT2D eigenvalue weighted by atomic mass is 9.95. The fourth-order valence-electron chi connectivity index (χ4n) is 4.43. The van der Waals surface area contributed by atoms with Gasteiger partial charge in [0.15, 0.2) is 6.19 Å². The highest BCUT2D eigenvalue weighted by Gasteiger charge is 2.46. The van der Waals surface area contributed by atoms with E-state index in [2.05, 4.69) is 30.5 Å². The number of hydrogen-bond acceptors (Lipinski definition) is 5. The predicted octanol–water partition coefficient (Wildman–Crippen LogP) is 3.59. The Kier molecular flexibility index (Phi) is 5.61. The van der Waals surface area contributed by atoms with Gasteiger partial charge in [-0.3, -0.25) is 9.48 Å². The smallest absolute Gasteiger partial charge is 0.253 e. The number of nitrogens with one attached hydrogen (secondary N) is 1. The summed E-state index contributed by atoms with van der Waals surface area (Å²) in [5.41, 5.74) is 2.07. The fourth-order valence-corrected chi connectivity index (χ4v) is 4.68. The first-order valence-corrected chi connectivity index (χ1v) is 10.7. The van der Waals surface area contributed by atoms with E-state index >= 15 is 0 Å². The van der Waals surface area contributed by atoms with Crippen LogP contribution in [0.15, 0.2) is 24.5 Å². The summed E-state index contributed by atoms with van der Waals surface area (Å²) < 4.78 is 7.75. The summed E-state index contributed by atoms with van der Waals surface area (Å²) >= 11 is 6.53. The molecule has 0 radical (unpaired) electrons. The number of aromatic nitrogens is 2. The van der Waals surface area contributed by atoms with Gasteiger partial charge in [0.25, 0.3) is 5.91 Å². The molecule has 0 spiro atoms. The van der Waals surface area contributed by atoms with Gasteiger partial charge in [0.05, 0.1) is 35.5 Å². The molecular formula is C22H26ClN5O2. The van der Waals surface area contributed by atoms with Crippen LogP contribution in [0.2, 0.25) is 5.02 Å². The Balaban J connectivity index is 1.60. The molecule has 2 aliphatic rings. The summed E-state index contributed by atoms with van der Waals surface area (Å²) in [5, 5.41) is 17.1. The monoisotopic (exact) mass is 427 g/mol. The lowest BCUT2D eigenvalue weighted by Crippen LogP contribution is -2.43. The summed E-state index contributed by atoms with van der Waals surface area (Å²) in [5.74, 6) is 0.714. The first-order valence-electron chi connectivity index (χ1n) is 10.3. The van der Waals surface area contributed by atoms with Gasteiger partial charge in [0.2, 0.25) is 0 Å². The van der Waals surface area contributed by atoms with Crippen molar-refractivity contribution in [3.63, 3.8) is 0 Å². The Morgan fingerprint density at radius 1 is 1.43 bits per heavy atom. The van der Waals surface area contributed by atoms with Gasteiger partial charge in [0.1, 0.15) is 5.75 Å². The van der Waals surface area contributed by atoms with Gasteiger partial charge < -0.3 is 15.0 Å². The van der Waals surface area contributed by atoms with E-state index in [0.717, 1.165) is 30.4 Å². The third-order valence-electron chi connectivity index (χ3n) is 5.87. The Hall–Kier alpha value is -2.72. The van der Waals surface area contributed by atoms with Crippen molar-refractivity contribution in [3.8, 4) is 23.1 Å². The number of aryl methyl sites for hydroxylation is 1. The third kappa shape index (κ3) is 3.84. The first-order chi connectivity index (χ1) is 14.4. The summed E-state index contributed by atoms with van der Waals surface area (Å²) in [6.45, 7) is 4.67. The minimum Gasteiger partial charge on any atom is -0.493 e. The molecule has 3 atom stereocenters. The molecule has 0 aliphatic carbocycles. The molecule has 7 nitrogen and oxygen atoms in total. The molecule has 2 bridgehead atoms. The van der Waals surface area contributed by atoms with E-state index < -0.39 is 0 Å². The minimum atomic E-state index is -0.234. The molecule has 3 heterocycles. The van der Waals surface area contributed by atoms with Gasteiger partial charge >= 0.3 is 0 Å². The molecule has 2 aliphatic heterocycles. The number of carbonyl (C=O) groups excluding carboxylic acids is 1. The second-order valence-electron chi connectivity index (χ2n) is 8.56. The molecule has 0 saturated carbocycles. The predicted molar refractivity (Wildman–Crippen MR) is 114 cm³/mol. The van der Waals surface area contributed by atoms with Crippen molar-refractivity contribution < 1.29 is 9.53 Å². The number of nitriles is 1. The summed E-state index contributed by atoms with van der Waals surface area (Å²) in [4.78, 5) is 14.9. The highest BCUT2D eigenvalue weighted by Crippen LogP contribution is 2.38. The second kappa shape index (κ2) is 8.19. The average Bonchev–Trinajstić information content (AvgIpc) is 3.40. The topological polar surface area (TPSA) is 83.2 Å². The maximum Gasteiger partial charge on any atom is 0.253 e. The molecule has 2 saturated heterocycles. The van der Waals surface area contributed by atoms with Crippen molar-refractivity contribution in [3.05, 3.63) is 35.1 Å². The van der Waals surface area contributed by atoms with Crippen LogP contribution >= 0.6 is 11.6 Å². The Labute approximate surface area is 181 Å². The molecule has 30 heavy (non-hydrogen) atoms. The highest BCUT2D eigenvalue weighted by molar-refractivity contribution is 6.34. The molecule has 4 rings (SSSR count). The average molecular weight is 428 g/mol. The second-order valence-corrected chi connectivity index (χ2v) is 8.96. The number of nitrogens with zero attached hydrogens (tertiary/aromatic N) is 4. The lowest BCUT2D eigenvalue weighted by molar-refractivity contribution is 0.0928. The summed E-state index contributed by atoms with van der Waals surface area (Å²) in [6, 6.07) is 3.76. The number of benzene rings is 1. The summed E-state index contributed by atoms with van der Waals surface area (Å²) in [6.07, 6.45) is 8.65. The third-order valence-corrected chi connectivity index (χ3v) is 6.18. The van der Waals surface area contributed by atoms with Crippen LogP contribution < -0.4 is 10.1 Å². The lowest BCUT2D eigenvalue weighted by Gasteiger charge is -2.22. The van der Waals surface area contributed by atoms with Crippen LogP contribution in [0, 0.1) is 17.4 Å². The van der Waals surface area contributed by atoms with E-state index in [1.165, 1.54) is 0 Å². The number of rotatable bonds is 6. The van der Waals surface area contributed by atoms with E-state index in [-0.39, 0.29) is 24.0 Å². The van der Waals surface area contributed by atoms with Crippen molar-refractivity contribution >= 4 is 17.5 Å². The number of hydrogen-bond donors (Lipinski definition) is 1. The zero-order valence-electron chi connectivity index (χ0n) is 17.4.